The highest BCUT2D eigenvalue weighted by atomic mass is 14.9. The first-order chi connectivity index (χ1) is 8.36. The van der Waals surface area contributed by atoms with Crippen LogP contribution < -0.4 is 0 Å². The summed E-state index contributed by atoms with van der Waals surface area (Å²) in [6.07, 6.45) is 6.67. The van der Waals surface area contributed by atoms with Crippen molar-refractivity contribution in [3.63, 3.8) is 0 Å². The smallest absolute Gasteiger partial charge is 0.210 e. The fourth-order valence-corrected chi connectivity index (χ4v) is 2.43. The van der Waals surface area contributed by atoms with E-state index in [2.05, 4.69) is 28.2 Å². The Kier molecular flexibility index (Phi) is 2.41. The number of imidazole rings is 1. The van der Waals surface area contributed by atoms with Crippen molar-refractivity contribution >= 4 is 0 Å². The molecule has 0 aliphatic heterocycles. The molecule has 0 spiro atoms. The zero-order valence-corrected chi connectivity index (χ0v) is 9.53. The molecule has 0 amide bonds. The van der Waals surface area contributed by atoms with Crippen LogP contribution in [-0.4, -0.2) is 9.97 Å². The zero-order valence-electron chi connectivity index (χ0n) is 9.53. The summed E-state index contributed by atoms with van der Waals surface area (Å²) in [4.78, 5) is 7.02. The molecule has 2 aromatic rings. The maximum atomic E-state index is 8.75. The van der Waals surface area contributed by atoms with Gasteiger partial charge in [-0.15, -0.1) is 0 Å². The standard InChI is InChI=1S/C14H13N3/c15-8-14-16-9-13(17-14)12-6-5-10-3-1-2-4-11(10)7-12/h5-7,9H,1-4H2,(H,16,17). The third-order valence-corrected chi connectivity index (χ3v) is 3.34. The number of hydrogen-bond donors (Lipinski definition) is 1. The Morgan fingerprint density at radius 1 is 1.18 bits per heavy atom. The van der Waals surface area contributed by atoms with E-state index in [-0.39, 0.29) is 0 Å². The number of hydrogen-bond acceptors (Lipinski definition) is 2. The summed E-state index contributed by atoms with van der Waals surface area (Å²) in [5.74, 6) is 0.373. The zero-order chi connectivity index (χ0) is 11.7. The molecule has 3 rings (SSSR count). The molecule has 1 aliphatic rings. The molecule has 1 heterocycles. The van der Waals surface area contributed by atoms with Gasteiger partial charge in [0.25, 0.3) is 0 Å². The van der Waals surface area contributed by atoms with Crippen molar-refractivity contribution in [2.45, 2.75) is 25.7 Å². The molecular weight excluding hydrogens is 210 g/mol. The van der Waals surface area contributed by atoms with E-state index in [0.29, 0.717) is 5.82 Å². The Morgan fingerprint density at radius 3 is 2.76 bits per heavy atom. The molecule has 0 radical (unpaired) electrons. The second-order valence-electron chi connectivity index (χ2n) is 4.45. The molecule has 84 valence electrons. The van der Waals surface area contributed by atoms with Gasteiger partial charge in [0.2, 0.25) is 5.82 Å². The Morgan fingerprint density at radius 2 is 2.00 bits per heavy atom. The van der Waals surface area contributed by atoms with Crippen molar-refractivity contribution < 1.29 is 0 Å². The van der Waals surface area contributed by atoms with E-state index in [1.807, 2.05) is 6.07 Å². The van der Waals surface area contributed by atoms with Gasteiger partial charge in [-0.05, 0) is 48.4 Å². The molecule has 0 bridgehead atoms. The van der Waals surface area contributed by atoms with Crippen LogP contribution in [0.4, 0.5) is 0 Å². The van der Waals surface area contributed by atoms with Crippen molar-refractivity contribution in [3.8, 4) is 17.3 Å². The van der Waals surface area contributed by atoms with Crippen LogP contribution in [0, 0.1) is 11.3 Å². The summed E-state index contributed by atoms with van der Waals surface area (Å²) in [6.45, 7) is 0. The van der Waals surface area contributed by atoms with Gasteiger partial charge in [-0.1, -0.05) is 12.1 Å². The highest BCUT2D eigenvalue weighted by Crippen LogP contribution is 2.26. The van der Waals surface area contributed by atoms with Crippen molar-refractivity contribution in [1.82, 2.24) is 9.97 Å². The van der Waals surface area contributed by atoms with Crippen LogP contribution in [0.1, 0.15) is 29.8 Å². The molecule has 1 aromatic heterocycles. The average molecular weight is 223 g/mol. The van der Waals surface area contributed by atoms with E-state index < -0.39 is 0 Å². The second-order valence-corrected chi connectivity index (χ2v) is 4.45. The minimum Gasteiger partial charge on any atom is -0.329 e. The Bertz CT molecular complexity index is 590. The predicted molar refractivity (Wildman–Crippen MR) is 65.4 cm³/mol. The van der Waals surface area contributed by atoms with Crippen LogP contribution in [0.25, 0.3) is 11.3 Å². The van der Waals surface area contributed by atoms with Crippen molar-refractivity contribution in [1.29, 1.82) is 5.26 Å². The van der Waals surface area contributed by atoms with E-state index in [1.165, 1.54) is 36.8 Å². The van der Waals surface area contributed by atoms with Crippen molar-refractivity contribution in [3.05, 3.63) is 41.3 Å². The van der Waals surface area contributed by atoms with Gasteiger partial charge in [0.05, 0.1) is 11.9 Å². The van der Waals surface area contributed by atoms with Gasteiger partial charge >= 0.3 is 0 Å². The van der Waals surface area contributed by atoms with Crippen LogP contribution in [0.5, 0.6) is 0 Å². The third-order valence-electron chi connectivity index (χ3n) is 3.34. The number of aromatic amines is 1. The maximum Gasteiger partial charge on any atom is 0.210 e. The predicted octanol–water partition coefficient (Wildman–Crippen LogP) is 2.83. The van der Waals surface area contributed by atoms with Crippen LogP contribution in [0.15, 0.2) is 24.4 Å². The normalized spacial score (nSPS) is 14.1. The number of fused-ring (bicyclic) bond motifs is 1. The summed E-state index contributed by atoms with van der Waals surface area (Å²) in [6, 6.07) is 8.55. The van der Waals surface area contributed by atoms with E-state index >= 15 is 0 Å². The lowest BCUT2D eigenvalue weighted by Crippen LogP contribution is -2.02. The topological polar surface area (TPSA) is 52.5 Å². The van der Waals surface area contributed by atoms with E-state index in [1.54, 1.807) is 6.20 Å². The molecule has 3 heteroatoms. The molecule has 3 nitrogen and oxygen atoms in total. The van der Waals surface area contributed by atoms with Crippen LogP contribution in [-0.2, 0) is 12.8 Å². The second kappa shape index (κ2) is 4.06. The van der Waals surface area contributed by atoms with E-state index in [9.17, 15) is 0 Å². The Balaban J connectivity index is 2.01. The van der Waals surface area contributed by atoms with E-state index in [0.717, 1.165) is 11.3 Å². The molecule has 0 atom stereocenters. The molecule has 1 N–H and O–H groups in total. The molecular formula is C14H13N3. The van der Waals surface area contributed by atoms with Crippen LogP contribution in [0.3, 0.4) is 0 Å². The average Bonchev–Trinajstić information content (AvgIpc) is 2.87. The first kappa shape index (κ1) is 10.1. The van der Waals surface area contributed by atoms with Gasteiger partial charge in [-0.3, -0.25) is 0 Å². The van der Waals surface area contributed by atoms with Gasteiger partial charge in [0, 0.05) is 0 Å². The number of aryl methyl sites for hydroxylation is 2. The highest BCUT2D eigenvalue weighted by molar-refractivity contribution is 5.61. The summed E-state index contributed by atoms with van der Waals surface area (Å²) in [5, 5.41) is 8.75. The molecule has 0 saturated carbocycles. The SMILES string of the molecule is N#Cc1ncc(-c2ccc3c(c2)CCCC3)[nH]1. The number of benzene rings is 1. The Labute approximate surface area is 100 Å². The minimum atomic E-state index is 0.373. The summed E-state index contributed by atoms with van der Waals surface area (Å²) < 4.78 is 0. The number of nitriles is 1. The van der Waals surface area contributed by atoms with Crippen LogP contribution >= 0.6 is 0 Å². The van der Waals surface area contributed by atoms with Gasteiger partial charge in [-0.25, -0.2) is 4.98 Å². The fourth-order valence-electron chi connectivity index (χ4n) is 2.43. The van der Waals surface area contributed by atoms with Gasteiger partial charge < -0.3 is 4.98 Å². The van der Waals surface area contributed by atoms with Crippen molar-refractivity contribution in [2.75, 3.05) is 0 Å². The summed E-state index contributed by atoms with van der Waals surface area (Å²) >= 11 is 0. The first-order valence-corrected chi connectivity index (χ1v) is 5.94. The largest absolute Gasteiger partial charge is 0.329 e. The van der Waals surface area contributed by atoms with Crippen molar-refractivity contribution in [2.24, 2.45) is 0 Å². The number of rotatable bonds is 1. The monoisotopic (exact) mass is 223 g/mol. The molecule has 0 fully saturated rings. The number of nitrogens with zero attached hydrogens (tertiary/aromatic N) is 2. The lowest BCUT2D eigenvalue weighted by molar-refractivity contribution is 0.686. The third kappa shape index (κ3) is 1.83. The molecule has 0 saturated heterocycles. The fraction of sp³-hybridized carbons (Fsp3) is 0.286. The lowest BCUT2D eigenvalue weighted by atomic mass is 9.90. The molecule has 1 aliphatic carbocycles. The number of H-pyrrole nitrogens is 1. The first-order valence-electron chi connectivity index (χ1n) is 5.94. The molecule has 1 aromatic carbocycles. The lowest BCUT2D eigenvalue weighted by Gasteiger charge is -2.16. The molecule has 0 unspecified atom stereocenters. The maximum absolute atomic E-state index is 8.75. The quantitative estimate of drug-likeness (QED) is 0.808. The number of nitrogens with one attached hydrogen (secondary N) is 1. The van der Waals surface area contributed by atoms with Gasteiger partial charge in [-0.2, -0.15) is 5.26 Å². The van der Waals surface area contributed by atoms with Gasteiger partial charge in [0.1, 0.15) is 6.07 Å². The van der Waals surface area contributed by atoms with Gasteiger partial charge in [0.15, 0.2) is 0 Å². The highest BCUT2D eigenvalue weighted by Gasteiger charge is 2.11. The van der Waals surface area contributed by atoms with E-state index in [4.69, 9.17) is 5.26 Å². The summed E-state index contributed by atoms with van der Waals surface area (Å²) in [5.41, 5.74) is 4.97. The number of aromatic nitrogens is 2. The summed E-state index contributed by atoms with van der Waals surface area (Å²) in [7, 11) is 0. The Hall–Kier alpha value is -2.08. The minimum absolute atomic E-state index is 0.373. The van der Waals surface area contributed by atoms with Crippen LogP contribution in [0.2, 0.25) is 0 Å². The molecule has 17 heavy (non-hydrogen) atoms.